The Hall–Kier alpha value is -2.12. The van der Waals surface area contributed by atoms with E-state index in [-0.39, 0.29) is 30.5 Å². The molecule has 0 bridgehead atoms. The number of amides is 1. The Balaban J connectivity index is 1.80. The molecule has 0 unspecified atom stereocenters. The van der Waals surface area contributed by atoms with E-state index in [1.807, 2.05) is 23.6 Å². The van der Waals surface area contributed by atoms with E-state index in [2.05, 4.69) is 5.32 Å². The number of benzene rings is 1. The summed E-state index contributed by atoms with van der Waals surface area (Å²) in [5.41, 5.74) is 0.690. The maximum absolute atomic E-state index is 11.9. The van der Waals surface area contributed by atoms with Gasteiger partial charge in [0.2, 0.25) is 0 Å². The number of rotatable bonds is 8. The molecule has 7 heteroatoms. The van der Waals surface area contributed by atoms with Crippen LogP contribution in [0.15, 0.2) is 46.7 Å². The second-order valence-electron chi connectivity index (χ2n) is 4.76. The number of hydrogen-bond acceptors (Lipinski definition) is 6. The molecule has 1 aromatic heterocycles. The third-order valence-electron chi connectivity index (χ3n) is 2.90. The van der Waals surface area contributed by atoms with Crippen LogP contribution in [0.4, 0.5) is 5.69 Å². The predicted octanol–water partition coefficient (Wildman–Crippen LogP) is 3.61. The first-order valence-electron chi connectivity index (χ1n) is 7.33. The Bertz CT molecular complexity index is 696. The minimum Gasteiger partial charge on any atom is -0.466 e. The van der Waals surface area contributed by atoms with Crippen molar-refractivity contribution in [1.29, 1.82) is 0 Å². The van der Waals surface area contributed by atoms with Gasteiger partial charge in [-0.2, -0.15) is 0 Å². The smallest absolute Gasteiger partial charge is 0.313 e. The molecule has 0 atom stereocenters. The fourth-order valence-electron chi connectivity index (χ4n) is 1.82. The summed E-state index contributed by atoms with van der Waals surface area (Å²) in [7, 11) is 0. The number of esters is 1. The summed E-state index contributed by atoms with van der Waals surface area (Å²) in [5.74, 6) is -0.599. The number of nitrogens with one attached hydrogen (secondary N) is 1. The summed E-state index contributed by atoms with van der Waals surface area (Å²) in [6, 6.07) is 10.8. The minimum atomic E-state index is -0.491. The number of Topliss-reactive ketones (excluding diaryl/α,β-unsaturated/α-hetero) is 1. The van der Waals surface area contributed by atoms with Crippen molar-refractivity contribution in [2.75, 3.05) is 17.7 Å². The minimum absolute atomic E-state index is 0.144. The summed E-state index contributed by atoms with van der Waals surface area (Å²) in [6.07, 6.45) is -0.199. The van der Waals surface area contributed by atoms with Gasteiger partial charge >= 0.3 is 5.97 Å². The summed E-state index contributed by atoms with van der Waals surface area (Å²) in [4.78, 5) is 36.4. The van der Waals surface area contributed by atoms with Crippen LogP contribution in [-0.4, -0.2) is 30.0 Å². The molecule has 0 radical (unpaired) electrons. The van der Waals surface area contributed by atoms with Gasteiger partial charge in [-0.15, -0.1) is 23.1 Å². The number of carbonyl (C=O) groups is 3. The number of carbonyl (C=O) groups excluding carboxylic acids is 3. The molecule has 1 aromatic carbocycles. The van der Waals surface area contributed by atoms with Crippen LogP contribution in [0, 0.1) is 0 Å². The molecule has 126 valence electrons. The standard InChI is InChI=1S/C17H17NO4S2/c1-2-22-16(20)10-13(19)11-24-14-7-5-12(6-8-14)18-17(21)15-4-3-9-23-15/h3-9H,2,10-11H2,1H3,(H,18,21). The zero-order valence-electron chi connectivity index (χ0n) is 13.1. The molecular formula is C17H17NO4S2. The lowest BCUT2D eigenvalue weighted by Gasteiger charge is -2.05. The van der Waals surface area contributed by atoms with Gasteiger partial charge in [0.15, 0.2) is 5.78 Å². The topological polar surface area (TPSA) is 72.5 Å². The van der Waals surface area contributed by atoms with Crippen LogP contribution in [-0.2, 0) is 14.3 Å². The molecule has 1 N–H and O–H groups in total. The van der Waals surface area contributed by atoms with Crippen LogP contribution in [0.25, 0.3) is 0 Å². The maximum Gasteiger partial charge on any atom is 0.313 e. The highest BCUT2D eigenvalue weighted by molar-refractivity contribution is 8.00. The van der Waals surface area contributed by atoms with Crippen LogP contribution >= 0.6 is 23.1 Å². The Morgan fingerprint density at radius 2 is 1.92 bits per heavy atom. The fraction of sp³-hybridized carbons (Fsp3) is 0.235. The van der Waals surface area contributed by atoms with E-state index in [1.165, 1.54) is 23.1 Å². The molecule has 2 aromatic rings. The normalized spacial score (nSPS) is 10.2. The predicted molar refractivity (Wildman–Crippen MR) is 95.7 cm³/mol. The molecule has 5 nitrogen and oxygen atoms in total. The van der Waals surface area contributed by atoms with E-state index in [1.54, 1.807) is 25.1 Å². The van der Waals surface area contributed by atoms with E-state index in [9.17, 15) is 14.4 Å². The number of thioether (sulfide) groups is 1. The Kier molecular flexibility index (Phi) is 7.02. The van der Waals surface area contributed by atoms with E-state index in [4.69, 9.17) is 4.74 Å². The lowest BCUT2D eigenvalue weighted by Crippen LogP contribution is -2.12. The van der Waals surface area contributed by atoms with Gasteiger partial charge in [-0.1, -0.05) is 6.07 Å². The second kappa shape index (κ2) is 9.24. The van der Waals surface area contributed by atoms with Crippen molar-refractivity contribution in [3.8, 4) is 0 Å². The Morgan fingerprint density at radius 1 is 1.17 bits per heavy atom. The van der Waals surface area contributed by atoms with Crippen molar-refractivity contribution in [3.05, 3.63) is 46.7 Å². The maximum atomic E-state index is 11.9. The van der Waals surface area contributed by atoms with Crippen LogP contribution < -0.4 is 5.32 Å². The van der Waals surface area contributed by atoms with Gasteiger partial charge < -0.3 is 10.1 Å². The Labute approximate surface area is 148 Å². The lowest BCUT2D eigenvalue weighted by molar-refractivity contribution is -0.145. The van der Waals surface area contributed by atoms with Crippen molar-refractivity contribution < 1.29 is 19.1 Å². The number of hydrogen-bond donors (Lipinski definition) is 1. The monoisotopic (exact) mass is 363 g/mol. The first kappa shape index (κ1) is 18.2. The Morgan fingerprint density at radius 3 is 2.54 bits per heavy atom. The van der Waals surface area contributed by atoms with Crippen molar-refractivity contribution in [1.82, 2.24) is 0 Å². The summed E-state index contributed by atoms with van der Waals surface area (Å²) in [5, 5.41) is 4.66. The molecule has 0 aliphatic carbocycles. The van der Waals surface area contributed by atoms with Crippen LogP contribution in [0.2, 0.25) is 0 Å². The SMILES string of the molecule is CCOC(=O)CC(=O)CSc1ccc(NC(=O)c2cccs2)cc1. The largest absolute Gasteiger partial charge is 0.466 e. The highest BCUT2D eigenvalue weighted by Crippen LogP contribution is 2.21. The zero-order valence-corrected chi connectivity index (χ0v) is 14.7. The molecule has 2 rings (SSSR count). The molecular weight excluding hydrogens is 346 g/mol. The van der Waals surface area contributed by atoms with Crippen LogP contribution in [0.3, 0.4) is 0 Å². The van der Waals surface area contributed by atoms with Gasteiger partial charge in [-0.25, -0.2) is 0 Å². The first-order valence-corrected chi connectivity index (χ1v) is 9.20. The summed E-state index contributed by atoms with van der Waals surface area (Å²) < 4.78 is 4.74. The fourth-order valence-corrected chi connectivity index (χ4v) is 3.20. The molecule has 1 heterocycles. The lowest BCUT2D eigenvalue weighted by atomic mass is 10.3. The number of ether oxygens (including phenoxy) is 1. The van der Waals surface area contributed by atoms with Gasteiger partial charge in [0.25, 0.3) is 5.91 Å². The molecule has 0 saturated heterocycles. The molecule has 0 saturated carbocycles. The third-order valence-corrected chi connectivity index (χ3v) is 4.84. The van der Waals surface area contributed by atoms with E-state index >= 15 is 0 Å². The average molecular weight is 363 g/mol. The third kappa shape index (κ3) is 5.82. The summed E-state index contributed by atoms with van der Waals surface area (Å²) >= 11 is 2.73. The molecule has 0 fully saturated rings. The van der Waals surface area contributed by atoms with Crippen molar-refractivity contribution >= 4 is 46.4 Å². The highest BCUT2D eigenvalue weighted by atomic mass is 32.2. The second-order valence-corrected chi connectivity index (χ2v) is 6.76. The van der Waals surface area contributed by atoms with Gasteiger partial charge in [0.1, 0.15) is 6.42 Å². The van der Waals surface area contributed by atoms with Crippen molar-refractivity contribution in [2.24, 2.45) is 0 Å². The highest BCUT2D eigenvalue weighted by Gasteiger charge is 2.11. The quantitative estimate of drug-likeness (QED) is 0.441. The van der Waals surface area contributed by atoms with Crippen LogP contribution in [0.1, 0.15) is 23.0 Å². The molecule has 24 heavy (non-hydrogen) atoms. The van der Waals surface area contributed by atoms with E-state index in [0.717, 1.165) is 4.90 Å². The van der Waals surface area contributed by atoms with Crippen molar-refractivity contribution in [2.45, 2.75) is 18.2 Å². The molecule has 0 spiro atoms. The first-order chi connectivity index (χ1) is 11.6. The number of anilines is 1. The molecule has 0 aliphatic rings. The molecule has 0 aliphatic heterocycles. The average Bonchev–Trinajstić information content (AvgIpc) is 3.09. The van der Waals surface area contributed by atoms with Gasteiger partial charge in [0.05, 0.1) is 17.2 Å². The van der Waals surface area contributed by atoms with Crippen LogP contribution in [0.5, 0.6) is 0 Å². The number of thiophene rings is 1. The number of ketones is 1. The van der Waals surface area contributed by atoms with E-state index in [0.29, 0.717) is 10.6 Å². The zero-order chi connectivity index (χ0) is 17.4. The van der Waals surface area contributed by atoms with E-state index < -0.39 is 5.97 Å². The molecule has 1 amide bonds. The van der Waals surface area contributed by atoms with Gasteiger partial charge in [-0.3, -0.25) is 14.4 Å². The van der Waals surface area contributed by atoms with Gasteiger partial charge in [0, 0.05) is 10.6 Å². The van der Waals surface area contributed by atoms with Crippen molar-refractivity contribution in [3.63, 3.8) is 0 Å². The van der Waals surface area contributed by atoms with Gasteiger partial charge in [-0.05, 0) is 42.6 Å². The summed E-state index contributed by atoms with van der Waals surface area (Å²) in [6.45, 7) is 1.98.